The van der Waals surface area contributed by atoms with Crippen LogP contribution in [0.15, 0.2) is 6.33 Å². The minimum absolute atomic E-state index is 0.0148. The van der Waals surface area contributed by atoms with E-state index in [-0.39, 0.29) is 30.2 Å². The van der Waals surface area contributed by atoms with Crippen molar-refractivity contribution in [3.63, 3.8) is 0 Å². The maximum atomic E-state index is 12.1. The molecule has 110 valence electrons. The topological polar surface area (TPSA) is 106 Å². The largest absolute Gasteiger partial charge is 0.367 e. The van der Waals surface area contributed by atoms with Crippen molar-refractivity contribution in [2.45, 2.75) is 26.3 Å². The number of anilines is 1. The summed E-state index contributed by atoms with van der Waals surface area (Å²) in [5.74, 6) is 0.238. The first-order valence-corrected chi connectivity index (χ1v) is 6.80. The van der Waals surface area contributed by atoms with E-state index in [9.17, 15) is 9.59 Å². The van der Waals surface area contributed by atoms with Crippen LogP contribution in [-0.2, 0) is 16.1 Å². The molecule has 0 spiro atoms. The Labute approximate surface area is 117 Å². The van der Waals surface area contributed by atoms with Crippen LogP contribution in [0, 0.1) is 5.92 Å². The first-order valence-electron chi connectivity index (χ1n) is 6.80. The molecule has 1 aliphatic rings. The molecule has 0 aromatic carbocycles. The summed E-state index contributed by atoms with van der Waals surface area (Å²) >= 11 is 0. The van der Waals surface area contributed by atoms with Crippen LogP contribution in [0.3, 0.4) is 0 Å². The standard InChI is InChI=1S/C12H20N6O2/c1-2-14-11(20)9-3-5-17(6-4-9)10(19)7-18-8-15-12(13)16-18/h8-9H,2-7H2,1H3,(H2,13,16)(H,14,20). The zero-order chi connectivity index (χ0) is 14.5. The molecule has 0 saturated carbocycles. The number of hydrogen-bond donors (Lipinski definition) is 2. The highest BCUT2D eigenvalue weighted by Gasteiger charge is 2.27. The molecule has 0 radical (unpaired) electrons. The number of carbonyl (C=O) groups excluding carboxylic acids is 2. The average Bonchev–Trinajstić information content (AvgIpc) is 2.84. The maximum Gasteiger partial charge on any atom is 0.244 e. The van der Waals surface area contributed by atoms with Gasteiger partial charge in [-0.1, -0.05) is 0 Å². The number of nitrogen functional groups attached to an aromatic ring is 1. The summed E-state index contributed by atoms with van der Waals surface area (Å²) in [5, 5.41) is 6.71. The molecular formula is C12H20N6O2. The number of carbonyl (C=O) groups is 2. The molecular weight excluding hydrogens is 260 g/mol. The Morgan fingerprint density at radius 1 is 1.45 bits per heavy atom. The summed E-state index contributed by atoms with van der Waals surface area (Å²) in [4.78, 5) is 29.3. The van der Waals surface area contributed by atoms with Gasteiger partial charge < -0.3 is 16.0 Å². The second kappa shape index (κ2) is 6.36. The zero-order valence-electron chi connectivity index (χ0n) is 11.6. The van der Waals surface area contributed by atoms with E-state index in [0.29, 0.717) is 32.5 Å². The molecule has 1 saturated heterocycles. The van der Waals surface area contributed by atoms with E-state index in [1.54, 1.807) is 4.90 Å². The molecule has 8 nitrogen and oxygen atoms in total. The molecule has 0 bridgehead atoms. The van der Waals surface area contributed by atoms with Gasteiger partial charge in [-0.2, -0.15) is 0 Å². The zero-order valence-corrected chi connectivity index (χ0v) is 11.6. The summed E-state index contributed by atoms with van der Waals surface area (Å²) in [6, 6.07) is 0. The number of nitrogens with zero attached hydrogens (tertiary/aromatic N) is 4. The number of amides is 2. The molecule has 3 N–H and O–H groups in total. The Balaban J connectivity index is 1.81. The fraction of sp³-hybridized carbons (Fsp3) is 0.667. The fourth-order valence-electron chi connectivity index (χ4n) is 2.33. The third kappa shape index (κ3) is 3.46. The van der Waals surface area contributed by atoms with Gasteiger partial charge in [-0.3, -0.25) is 9.59 Å². The second-order valence-electron chi connectivity index (χ2n) is 4.85. The highest BCUT2D eigenvalue weighted by atomic mass is 16.2. The van der Waals surface area contributed by atoms with E-state index < -0.39 is 0 Å². The number of likely N-dealkylation sites (tertiary alicyclic amines) is 1. The number of aromatic nitrogens is 3. The fourth-order valence-corrected chi connectivity index (χ4v) is 2.33. The van der Waals surface area contributed by atoms with Crippen LogP contribution >= 0.6 is 0 Å². The molecule has 1 aliphatic heterocycles. The lowest BCUT2D eigenvalue weighted by atomic mass is 9.96. The van der Waals surface area contributed by atoms with E-state index in [1.807, 2.05) is 6.92 Å². The predicted octanol–water partition coefficient (Wildman–Crippen LogP) is -0.765. The van der Waals surface area contributed by atoms with Crippen molar-refractivity contribution >= 4 is 17.8 Å². The van der Waals surface area contributed by atoms with Crippen LogP contribution in [0.25, 0.3) is 0 Å². The first-order chi connectivity index (χ1) is 9.60. The third-order valence-corrected chi connectivity index (χ3v) is 3.42. The monoisotopic (exact) mass is 280 g/mol. The van der Waals surface area contributed by atoms with E-state index in [0.717, 1.165) is 0 Å². The Bertz CT molecular complexity index is 478. The molecule has 1 fully saturated rings. The summed E-state index contributed by atoms with van der Waals surface area (Å²) in [7, 11) is 0. The van der Waals surface area contributed by atoms with Gasteiger partial charge in [0.2, 0.25) is 17.8 Å². The molecule has 20 heavy (non-hydrogen) atoms. The minimum atomic E-state index is -0.0238. The van der Waals surface area contributed by atoms with Gasteiger partial charge in [-0.05, 0) is 19.8 Å². The van der Waals surface area contributed by atoms with Gasteiger partial charge in [0.25, 0.3) is 0 Å². The molecule has 8 heteroatoms. The van der Waals surface area contributed by atoms with Crippen LogP contribution < -0.4 is 11.1 Å². The van der Waals surface area contributed by atoms with Crippen molar-refractivity contribution in [2.75, 3.05) is 25.4 Å². The lowest BCUT2D eigenvalue weighted by Crippen LogP contribution is -2.44. The minimum Gasteiger partial charge on any atom is -0.367 e. The molecule has 2 heterocycles. The van der Waals surface area contributed by atoms with Gasteiger partial charge in [0, 0.05) is 25.6 Å². The van der Waals surface area contributed by atoms with Crippen molar-refractivity contribution in [3.8, 4) is 0 Å². The molecule has 0 unspecified atom stereocenters. The van der Waals surface area contributed by atoms with E-state index in [4.69, 9.17) is 5.73 Å². The van der Waals surface area contributed by atoms with Crippen molar-refractivity contribution in [2.24, 2.45) is 5.92 Å². The molecule has 2 rings (SSSR count). The van der Waals surface area contributed by atoms with Crippen LogP contribution in [-0.4, -0.2) is 51.1 Å². The summed E-state index contributed by atoms with van der Waals surface area (Å²) in [5.41, 5.74) is 5.40. The lowest BCUT2D eigenvalue weighted by Gasteiger charge is -2.31. The number of piperidine rings is 1. The SMILES string of the molecule is CCNC(=O)C1CCN(C(=O)Cn2cnc(N)n2)CC1. The molecule has 0 atom stereocenters. The Hall–Kier alpha value is -2.12. The third-order valence-electron chi connectivity index (χ3n) is 3.42. The van der Waals surface area contributed by atoms with Gasteiger partial charge in [-0.25, -0.2) is 9.67 Å². The number of hydrogen-bond acceptors (Lipinski definition) is 5. The molecule has 2 amide bonds. The van der Waals surface area contributed by atoms with E-state index >= 15 is 0 Å². The number of rotatable bonds is 4. The summed E-state index contributed by atoms with van der Waals surface area (Å²) in [6.07, 6.45) is 2.85. The second-order valence-corrected chi connectivity index (χ2v) is 4.85. The predicted molar refractivity (Wildman–Crippen MR) is 72.4 cm³/mol. The number of nitrogens with two attached hydrogens (primary N) is 1. The van der Waals surface area contributed by atoms with Gasteiger partial charge in [0.1, 0.15) is 12.9 Å². The average molecular weight is 280 g/mol. The van der Waals surface area contributed by atoms with Gasteiger partial charge >= 0.3 is 0 Å². The quantitative estimate of drug-likeness (QED) is 0.753. The van der Waals surface area contributed by atoms with Crippen LogP contribution in [0.4, 0.5) is 5.95 Å². The molecule has 1 aromatic heterocycles. The Morgan fingerprint density at radius 2 is 2.15 bits per heavy atom. The lowest BCUT2D eigenvalue weighted by molar-refractivity contribution is -0.136. The smallest absolute Gasteiger partial charge is 0.244 e. The highest BCUT2D eigenvalue weighted by molar-refractivity contribution is 5.80. The van der Waals surface area contributed by atoms with Crippen molar-refractivity contribution in [1.82, 2.24) is 25.0 Å². The van der Waals surface area contributed by atoms with E-state index in [2.05, 4.69) is 15.4 Å². The van der Waals surface area contributed by atoms with Crippen LogP contribution in [0.1, 0.15) is 19.8 Å². The highest BCUT2D eigenvalue weighted by Crippen LogP contribution is 2.17. The van der Waals surface area contributed by atoms with Gasteiger partial charge in [-0.15, -0.1) is 5.10 Å². The van der Waals surface area contributed by atoms with Gasteiger partial charge in [0.05, 0.1) is 0 Å². The van der Waals surface area contributed by atoms with Crippen LogP contribution in [0.5, 0.6) is 0 Å². The van der Waals surface area contributed by atoms with Gasteiger partial charge in [0.15, 0.2) is 0 Å². The molecule has 0 aliphatic carbocycles. The summed E-state index contributed by atoms with van der Waals surface area (Å²) < 4.78 is 1.42. The van der Waals surface area contributed by atoms with Crippen LogP contribution in [0.2, 0.25) is 0 Å². The van der Waals surface area contributed by atoms with Crippen molar-refractivity contribution in [3.05, 3.63) is 6.33 Å². The summed E-state index contributed by atoms with van der Waals surface area (Å²) in [6.45, 7) is 3.89. The van der Waals surface area contributed by atoms with E-state index in [1.165, 1.54) is 11.0 Å². The normalized spacial score (nSPS) is 16.1. The van der Waals surface area contributed by atoms with Crippen molar-refractivity contribution in [1.29, 1.82) is 0 Å². The Kier molecular flexibility index (Phi) is 4.54. The maximum absolute atomic E-state index is 12.1. The first kappa shape index (κ1) is 14.3. The number of nitrogens with one attached hydrogen (secondary N) is 1. The van der Waals surface area contributed by atoms with Crippen molar-refractivity contribution < 1.29 is 9.59 Å². The Morgan fingerprint density at radius 3 is 2.70 bits per heavy atom. The molecule has 1 aromatic rings.